The monoisotopic (exact) mass is 908 g/mol. The topological polar surface area (TPSA) is 43.9 Å². The van der Waals surface area contributed by atoms with Crippen molar-refractivity contribution in [3.63, 3.8) is 0 Å². The molecule has 0 aliphatic heterocycles. The smallest absolute Gasteiger partial charge is 0 e. The Morgan fingerprint density at radius 3 is 2.18 bits per heavy atom. The molecule has 8 aromatic rings. The van der Waals surface area contributed by atoms with Crippen LogP contribution in [0, 0.1) is 32.9 Å². The number of hydrogen-bond acceptors (Lipinski definition) is 3. The molecule has 0 N–H and O–H groups in total. The molecule has 0 unspecified atom stereocenters. The molecular formula is C45H43GeIrN3O-2. The molecule has 6 heteroatoms. The number of nitrogens with zero attached hydrogens (tertiary/aromatic N) is 3. The van der Waals surface area contributed by atoms with Crippen LogP contribution in [0.5, 0.6) is 0 Å². The van der Waals surface area contributed by atoms with Crippen LogP contribution in [0.3, 0.4) is 0 Å². The van der Waals surface area contributed by atoms with Gasteiger partial charge in [0.15, 0.2) is 0 Å². The van der Waals surface area contributed by atoms with E-state index >= 15 is 0 Å². The average molecular weight is 907 g/mol. The molecule has 51 heavy (non-hydrogen) atoms. The van der Waals surface area contributed by atoms with Crippen LogP contribution in [0.4, 0.5) is 0 Å². The van der Waals surface area contributed by atoms with Gasteiger partial charge >= 0.3 is 99.8 Å². The van der Waals surface area contributed by atoms with E-state index in [2.05, 4.69) is 140 Å². The predicted molar refractivity (Wildman–Crippen MR) is 212 cm³/mol. The SMILES string of the molecule is Cc1cc(C)c(-n2c(-c3[c-]ccc4c3oc3cc(C(C)C)ccc34)nc3ccccc32)c(C)c1.[CH3][Ge]([CH3])([CH3])[c]1ccc(-c2[c-]cccc2)nc1.[Ir]. The fraction of sp³-hybridized carbons (Fsp3) is 0.200. The van der Waals surface area contributed by atoms with Crippen LogP contribution in [-0.2, 0) is 20.1 Å². The number of fused-ring (bicyclic) bond motifs is 4. The second kappa shape index (κ2) is 14.8. The Morgan fingerprint density at radius 1 is 0.765 bits per heavy atom. The first kappa shape index (κ1) is 36.5. The van der Waals surface area contributed by atoms with Crippen LogP contribution < -0.4 is 4.40 Å². The van der Waals surface area contributed by atoms with Crippen molar-refractivity contribution in [1.29, 1.82) is 0 Å². The number of pyridine rings is 1. The minimum Gasteiger partial charge on any atom is 0 e. The van der Waals surface area contributed by atoms with E-state index in [1.165, 1.54) is 26.6 Å². The van der Waals surface area contributed by atoms with Gasteiger partial charge in [-0.05, 0) is 61.6 Å². The molecule has 259 valence electrons. The molecule has 0 bridgehead atoms. The Morgan fingerprint density at radius 2 is 1.51 bits per heavy atom. The number of imidazole rings is 1. The molecule has 0 aliphatic rings. The van der Waals surface area contributed by atoms with Gasteiger partial charge in [-0.15, -0.1) is 18.2 Å². The Bertz CT molecular complexity index is 2450. The van der Waals surface area contributed by atoms with E-state index in [0.29, 0.717) is 5.92 Å². The number of hydrogen-bond donors (Lipinski definition) is 0. The van der Waals surface area contributed by atoms with Gasteiger partial charge < -0.3 is 8.98 Å². The summed E-state index contributed by atoms with van der Waals surface area (Å²) in [6, 6.07) is 42.4. The van der Waals surface area contributed by atoms with Crippen LogP contribution in [0.25, 0.3) is 61.3 Å². The summed E-state index contributed by atoms with van der Waals surface area (Å²) in [7, 11) is 0. The molecule has 0 aliphatic carbocycles. The van der Waals surface area contributed by atoms with Crippen LogP contribution in [-0.4, -0.2) is 27.8 Å². The quantitative estimate of drug-likeness (QED) is 0.128. The van der Waals surface area contributed by atoms with Gasteiger partial charge in [0.2, 0.25) is 0 Å². The van der Waals surface area contributed by atoms with Gasteiger partial charge in [-0.1, -0.05) is 66.8 Å². The van der Waals surface area contributed by atoms with Gasteiger partial charge in [-0.2, -0.15) is 0 Å². The zero-order valence-electron chi connectivity index (χ0n) is 30.6. The normalized spacial score (nSPS) is 11.5. The molecule has 4 nitrogen and oxygen atoms in total. The van der Waals surface area contributed by atoms with Crippen molar-refractivity contribution in [2.45, 2.75) is 57.8 Å². The van der Waals surface area contributed by atoms with Crippen molar-refractivity contribution in [2.75, 3.05) is 0 Å². The molecular weight excluding hydrogens is 863 g/mol. The summed E-state index contributed by atoms with van der Waals surface area (Å²) < 4.78 is 10.2. The van der Waals surface area contributed by atoms with Crippen LogP contribution in [0.2, 0.25) is 17.3 Å². The molecule has 0 fully saturated rings. The average Bonchev–Trinajstić information content (AvgIpc) is 3.67. The Hall–Kier alpha value is -4.29. The second-order valence-electron chi connectivity index (χ2n) is 14.6. The third-order valence-corrected chi connectivity index (χ3v) is 13.6. The minimum absolute atomic E-state index is 0. The van der Waals surface area contributed by atoms with E-state index in [1.54, 1.807) is 0 Å². The van der Waals surface area contributed by atoms with Crippen molar-refractivity contribution in [2.24, 2.45) is 0 Å². The van der Waals surface area contributed by atoms with Gasteiger partial charge in [-0.3, -0.25) is 4.98 Å². The molecule has 0 atom stereocenters. The van der Waals surface area contributed by atoms with E-state index in [1.807, 2.05) is 42.6 Å². The summed E-state index contributed by atoms with van der Waals surface area (Å²) in [6.07, 6.45) is 2.04. The largest absolute Gasteiger partial charge is 0 e. The molecule has 8 rings (SSSR count). The van der Waals surface area contributed by atoms with Gasteiger partial charge in [0.05, 0.1) is 22.4 Å². The zero-order valence-corrected chi connectivity index (χ0v) is 35.0. The Labute approximate surface area is 317 Å². The van der Waals surface area contributed by atoms with Gasteiger partial charge in [0.25, 0.3) is 0 Å². The molecule has 0 saturated heterocycles. The third kappa shape index (κ3) is 7.26. The zero-order chi connectivity index (χ0) is 35.2. The van der Waals surface area contributed by atoms with E-state index < -0.39 is 13.3 Å². The molecule has 0 spiro atoms. The molecule has 5 aromatic carbocycles. The van der Waals surface area contributed by atoms with Crippen LogP contribution in [0.15, 0.2) is 114 Å². The number of aromatic nitrogens is 3. The Balaban J connectivity index is 0.000000222. The summed E-state index contributed by atoms with van der Waals surface area (Å²) in [5.74, 6) is 8.44. The van der Waals surface area contributed by atoms with E-state index in [0.717, 1.165) is 61.3 Å². The van der Waals surface area contributed by atoms with Gasteiger partial charge in [0.1, 0.15) is 5.58 Å². The number of benzene rings is 5. The summed E-state index contributed by atoms with van der Waals surface area (Å²) >= 11 is -1.72. The van der Waals surface area contributed by atoms with Gasteiger partial charge in [-0.25, -0.2) is 0 Å². The second-order valence-corrected chi connectivity index (χ2v) is 25.2. The molecule has 0 amide bonds. The molecule has 3 heterocycles. The fourth-order valence-corrected chi connectivity index (χ4v) is 8.95. The van der Waals surface area contributed by atoms with Crippen molar-refractivity contribution in [3.8, 4) is 28.3 Å². The van der Waals surface area contributed by atoms with E-state index in [9.17, 15) is 0 Å². The fourth-order valence-electron chi connectivity index (χ4n) is 6.78. The summed E-state index contributed by atoms with van der Waals surface area (Å²) in [5, 5.41) is 2.22. The number of para-hydroxylation sites is 2. The molecule has 3 aromatic heterocycles. The number of rotatable bonds is 5. The first-order valence-electron chi connectivity index (χ1n) is 17.4. The van der Waals surface area contributed by atoms with Crippen molar-refractivity contribution >= 4 is 50.6 Å². The maximum Gasteiger partial charge on any atom is 0 e. The van der Waals surface area contributed by atoms with Crippen LogP contribution in [0.1, 0.15) is 42.0 Å². The van der Waals surface area contributed by atoms with E-state index in [4.69, 9.17) is 9.40 Å². The Kier molecular flexibility index (Phi) is 10.6. The summed E-state index contributed by atoms with van der Waals surface area (Å²) in [5.41, 5.74) is 12.9. The number of aryl methyl sites for hydroxylation is 3. The van der Waals surface area contributed by atoms with Crippen molar-refractivity contribution < 1.29 is 24.5 Å². The minimum atomic E-state index is -1.72. The molecule has 1 radical (unpaired) electrons. The standard InChI is InChI=1S/C31H27N2O.C14H16GeN.Ir/c1-18(2)22-13-14-23-24-9-8-10-25(30(24)34-28(23)17-22)31-32-26-11-6-7-12-27(26)33(31)29-20(4)15-19(3)16-21(29)5;1-15(2,3)13-9-10-14(16-11-13)12-7-5-4-6-8-12;/h6-9,11-18H,1-5H3;4-7,9-11H,1-3H3;/q2*-1;. The first-order valence-corrected chi connectivity index (χ1v) is 24.7. The summed E-state index contributed by atoms with van der Waals surface area (Å²) in [6.45, 7) is 10.9. The first-order chi connectivity index (χ1) is 24.0. The van der Waals surface area contributed by atoms with E-state index in [-0.39, 0.29) is 20.1 Å². The van der Waals surface area contributed by atoms with Crippen molar-refractivity contribution in [3.05, 3.63) is 144 Å². The predicted octanol–water partition coefficient (Wildman–Crippen LogP) is 11.5. The third-order valence-electron chi connectivity index (χ3n) is 9.38. The van der Waals surface area contributed by atoms with Gasteiger partial charge in [0, 0.05) is 31.2 Å². The molecule has 0 saturated carbocycles. The van der Waals surface area contributed by atoms with Crippen molar-refractivity contribution in [1.82, 2.24) is 14.5 Å². The maximum absolute atomic E-state index is 6.51. The summed E-state index contributed by atoms with van der Waals surface area (Å²) in [4.78, 5) is 9.63. The maximum atomic E-state index is 6.51. The van der Waals surface area contributed by atoms with Crippen LogP contribution >= 0.6 is 0 Å². The number of furan rings is 1.